The van der Waals surface area contributed by atoms with Gasteiger partial charge in [0.05, 0.1) is 11.8 Å². The molecule has 2 rings (SSSR count). The topological polar surface area (TPSA) is 41.6 Å². The Balaban J connectivity index is 2.20. The van der Waals surface area contributed by atoms with Crippen molar-refractivity contribution in [2.75, 3.05) is 5.75 Å². The lowest BCUT2D eigenvalue weighted by atomic mass is 9.99. The molecule has 15 heavy (non-hydrogen) atoms. The van der Waals surface area contributed by atoms with Crippen molar-refractivity contribution >= 4 is 11.8 Å². The quantitative estimate of drug-likeness (QED) is 0.767. The van der Waals surface area contributed by atoms with Gasteiger partial charge in [-0.3, -0.25) is 4.68 Å². The Morgan fingerprint density at radius 3 is 3.00 bits per heavy atom. The zero-order chi connectivity index (χ0) is 10.9. The molecule has 2 heterocycles. The Labute approximate surface area is 94.5 Å². The standard InChI is InChI=1S/C11H15N3S/c1-9-6-10(14(2)13-9)7-11(8-12)4-3-5-15-11/h6H,3-5,7H2,1-2H3. The van der Waals surface area contributed by atoms with Gasteiger partial charge in [-0.05, 0) is 31.6 Å². The van der Waals surface area contributed by atoms with E-state index in [0.29, 0.717) is 0 Å². The van der Waals surface area contributed by atoms with Gasteiger partial charge in [0.15, 0.2) is 0 Å². The van der Waals surface area contributed by atoms with E-state index in [1.54, 1.807) is 11.8 Å². The SMILES string of the molecule is Cc1cc(CC2(C#N)CCCS2)n(C)n1. The Hall–Kier alpha value is -0.950. The third-order valence-electron chi connectivity index (χ3n) is 2.87. The first-order valence-electron chi connectivity index (χ1n) is 5.20. The summed E-state index contributed by atoms with van der Waals surface area (Å²) in [5, 5.41) is 13.6. The van der Waals surface area contributed by atoms with Crippen molar-refractivity contribution in [3.05, 3.63) is 17.5 Å². The molecule has 1 fully saturated rings. The molecule has 80 valence electrons. The zero-order valence-electron chi connectivity index (χ0n) is 9.16. The average Bonchev–Trinajstić information content (AvgIpc) is 2.76. The molecule has 4 heteroatoms. The minimum Gasteiger partial charge on any atom is -0.272 e. The summed E-state index contributed by atoms with van der Waals surface area (Å²) >= 11 is 1.80. The number of thioether (sulfide) groups is 1. The number of aromatic nitrogens is 2. The van der Waals surface area contributed by atoms with Crippen LogP contribution in [0.5, 0.6) is 0 Å². The van der Waals surface area contributed by atoms with Crippen molar-refractivity contribution in [3.63, 3.8) is 0 Å². The third kappa shape index (κ3) is 2.03. The molecular formula is C11H15N3S. The van der Waals surface area contributed by atoms with Crippen LogP contribution in [0.2, 0.25) is 0 Å². The number of nitrogens with zero attached hydrogens (tertiary/aromatic N) is 3. The summed E-state index contributed by atoms with van der Waals surface area (Å²) in [5.41, 5.74) is 2.20. The van der Waals surface area contributed by atoms with Gasteiger partial charge in [-0.25, -0.2) is 0 Å². The van der Waals surface area contributed by atoms with Gasteiger partial charge < -0.3 is 0 Å². The van der Waals surface area contributed by atoms with Crippen LogP contribution in [0.15, 0.2) is 6.07 Å². The predicted molar refractivity (Wildman–Crippen MR) is 61.7 cm³/mol. The molecule has 0 bridgehead atoms. The maximum absolute atomic E-state index is 9.28. The maximum Gasteiger partial charge on any atom is 0.108 e. The molecule has 0 aromatic carbocycles. The molecule has 1 aliphatic heterocycles. The second-order valence-electron chi connectivity index (χ2n) is 4.14. The zero-order valence-corrected chi connectivity index (χ0v) is 9.97. The van der Waals surface area contributed by atoms with E-state index < -0.39 is 0 Å². The van der Waals surface area contributed by atoms with E-state index in [1.807, 2.05) is 18.7 Å². The molecule has 0 spiro atoms. The number of rotatable bonds is 2. The highest BCUT2D eigenvalue weighted by molar-refractivity contribution is 8.01. The Kier molecular flexibility index (Phi) is 2.74. The molecule has 0 saturated carbocycles. The molecule has 1 aromatic rings. The molecular weight excluding hydrogens is 206 g/mol. The van der Waals surface area contributed by atoms with Gasteiger partial charge in [0.25, 0.3) is 0 Å². The molecule has 0 aliphatic carbocycles. The Morgan fingerprint density at radius 2 is 2.53 bits per heavy atom. The summed E-state index contributed by atoms with van der Waals surface area (Å²) in [6.07, 6.45) is 3.00. The predicted octanol–water partition coefficient (Wildman–Crippen LogP) is 2.06. The highest BCUT2D eigenvalue weighted by atomic mass is 32.2. The molecule has 1 aromatic heterocycles. The van der Waals surface area contributed by atoms with Crippen LogP contribution in [0.3, 0.4) is 0 Å². The summed E-state index contributed by atoms with van der Waals surface area (Å²) < 4.78 is 1.70. The van der Waals surface area contributed by atoms with Crippen LogP contribution in [0.1, 0.15) is 24.2 Å². The van der Waals surface area contributed by atoms with Crippen LogP contribution in [-0.4, -0.2) is 20.3 Å². The van der Waals surface area contributed by atoms with Gasteiger partial charge in [-0.1, -0.05) is 0 Å². The van der Waals surface area contributed by atoms with Crippen molar-refractivity contribution in [2.45, 2.75) is 30.9 Å². The highest BCUT2D eigenvalue weighted by Gasteiger charge is 2.35. The summed E-state index contributed by atoms with van der Waals surface area (Å²) in [5.74, 6) is 1.12. The second-order valence-corrected chi connectivity index (χ2v) is 5.61. The van der Waals surface area contributed by atoms with Gasteiger partial charge in [-0.15, -0.1) is 11.8 Å². The van der Waals surface area contributed by atoms with E-state index in [-0.39, 0.29) is 4.75 Å². The minimum atomic E-state index is -0.194. The van der Waals surface area contributed by atoms with Crippen molar-refractivity contribution in [3.8, 4) is 6.07 Å². The van der Waals surface area contributed by atoms with Gasteiger partial charge >= 0.3 is 0 Å². The van der Waals surface area contributed by atoms with Crippen molar-refractivity contribution in [1.29, 1.82) is 5.26 Å². The number of hydrogen-bond acceptors (Lipinski definition) is 3. The molecule has 3 nitrogen and oxygen atoms in total. The summed E-state index contributed by atoms with van der Waals surface area (Å²) in [7, 11) is 1.95. The van der Waals surface area contributed by atoms with Crippen LogP contribution < -0.4 is 0 Å². The van der Waals surface area contributed by atoms with Crippen LogP contribution in [0.25, 0.3) is 0 Å². The van der Waals surface area contributed by atoms with E-state index in [1.165, 1.54) is 5.69 Å². The van der Waals surface area contributed by atoms with Crippen LogP contribution in [0, 0.1) is 18.3 Å². The highest BCUT2D eigenvalue weighted by Crippen LogP contribution is 2.40. The lowest BCUT2D eigenvalue weighted by Crippen LogP contribution is -2.23. The normalized spacial score (nSPS) is 25.4. The lowest BCUT2D eigenvalue weighted by molar-refractivity contribution is 0.620. The first kappa shape index (κ1) is 10.6. The molecule has 0 amide bonds. The van der Waals surface area contributed by atoms with E-state index >= 15 is 0 Å². The van der Waals surface area contributed by atoms with Gasteiger partial charge in [0.1, 0.15) is 4.75 Å². The minimum absolute atomic E-state index is 0.194. The molecule has 1 aliphatic rings. The fraction of sp³-hybridized carbons (Fsp3) is 0.636. The molecule has 0 radical (unpaired) electrons. The fourth-order valence-electron chi connectivity index (χ4n) is 2.09. The monoisotopic (exact) mass is 221 g/mol. The van der Waals surface area contributed by atoms with Gasteiger partial charge in [-0.2, -0.15) is 10.4 Å². The number of aryl methyl sites for hydroxylation is 2. The Bertz CT molecular complexity index is 396. The largest absolute Gasteiger partial charge is 0.272 e. The van der Waals surface area contributed by atoms with Crippen LogP contribution in [0.4, 0.5) is 0 Å². The van der Waals surface area contributed by atoms with Crippen molar-refractivity contribution < 1.29 is 0 Å². The third-order valence-corrected chi connectivity index (χ3v) is 4.36. The second kappa shape index (κ2) is 3.90. The molecule has 1 atom stereocenters. The maximum atomic E-state index is 9.28. The van der Waals surface area contributed by atoms with E-state index in [9.17, 15) is 5.26 Å². The fourth-order valence-corrected chi connectivity index (χ4v) is 3.37. The summed E-state index contributed by atoms with van der Waals surface area (Å²) in [6, 6.07) is 4.57. The van der Waals surface area contributed by atoms with Crippen molar-refractivity contribution in [2.24, 2.45) is 7.05 Å². The van der Waals surface area contributed by atoms with E-state index in [4.69, 9.17) is 0 Å². The average molecular weight is 221 g/mol. The molecule has 0 N–H and O–H groups in total. The number of hydrogen-bond donors (Lipinski definition) is 0. The van der Waals surface area contributed by atoms with E-state index in [2.05, 4.69) is 17.2 Å². The smallest absolute Gasteiger partial charge is 0.108 e. The lowest BCUT2D eigenvalue weighted by Gasteiger charge is -2.18. The van der Waals surface area contributed by atoms with E-state index in [0.717, 1.165) is 30.7 Å². The Morgan fingerprint density at radius 1 is 1.73 bits per heavy atom. The van der Waals surface area contributed by atoms with Gasteiger partial charge in [0.2, 0.25) is 0 Å². The molecule has 1 saturated heterocycles. The first-order chi connectivity index (χ1) is 7.15. The number of nitriles is 1. The first-order valence-corrected chi connectivity index (χ1v) is 6.18. The van der Waals surface area contributed by atoms with Crippen molar-refractivity contribution in [1.82, 2.24) is 9.78 Å². The summed E-state index contributed by atoms with van der Waals surface area (Å²) in [6.45, 7) is 1.99. The van der Waals surface area contributed by atoms with Crippen LogP contribution in [-0.2, 0) is 13.5 Å². The summed E-state index contributed by atoms with van der Waals surface area (Å²) in [4.78, 5) is 0. The van der Waals surface area contributed by atoms with Crippen LogP contribution >= 0.6 is 11.8 Å². The van der Waals surface area contributed by atoms with Gasteiger partial charge in [0, 0.05) is 19.2 Å². The molecule has 1 unspecified atom stereocenters.